The maximum Gasteiger partial charge on any atom is 0.266 e. The second-order valence-electron chi connectivity index (χ2n) is 29.0. The van der Waals surface area contributed by atoms with E-state index in [-0.39, 0.29) is 11.8 Å². The van der Waals surface area contributed by atoms with E-state index in [1.54, 1.807) is 9.80 Å². The monoisotopic (exact) mass is 1590 g/mol. The molecule has 2 fully saturated rings. The van der Waals surface area contributed by atoms with Gasteiger partial charge in [-0.3, -0.25) is 19.4 Å². The van der Waals surface area contributed by atoms with Crippen molar-refractivity contribution >= 4 is 160 Å². The largest absolute Gasteiger partial charge is 0.293 e. The molecule has 2 aliphatic heterocycles. The zero-order valence-electron chi connectivity index (χ0n) is 64.1. The lowest BCUT2D eigenvalue weighted by atomic mass is 10.0. The molecule has 9 rings (SSSR count). The van der Waals surface area contributed by atoms with Crippen LogP contribution < -0.4 is 0 Å². The molecule has 7 aromatic rings. The van der Waals surface area contributed by atoms with Gasteiger partial charge >= 0.3 is 0 Å². The minimum atomic E-state index is 0.0438. The molecule has 0 unspecified atom stereocenters. The Morgan fingerprint density at radius 2 is 0.505 bits per heavy atom. The quantitative estimate of drug-likeness (QED) is 0.0215. The van der Waals surface area contributed by atoms with Gasteiger partial charge in [-0.25, -0.2) is 0 Å². The van der Waals surface area contributed by atoms with Gasteiger partial charge in [-0.15, -0.1) is 79.4 Å². The molecule has 0 aliphatic carbocycles. The Kier molecular flexibility index (Phi) is 37.6. The predicted octanol–water partition coefficient (Wildman–Crippen LogP) is 32.0. The Balaban J connectivity index is 1.11. The summed E-state index contributed by atoms with van der Waals surface area (Å²) < 4.78 is 1.34. The van der Waals surface area contributed by atoms with Crippen LogP contribution in [0.4, 0.5) is 0 Å². The van der Waals surface area contributed by atoms with Crippen molar-refractivity contribution in [2.75, 3.05) is 13.1 Å². The molecule has 0 radical (unpaired) electrons. The minimum Gasteiger partial charge on any atom is -0.293 e. The zero-order valence-corrected chi connectivity index (χ0v) is 73.1. The Bertz CT molecular complexity index is 3570. The predicted molar refractivity (Wildman–Crippen MR) is 478 cm³/mol. The molecule has 0 atom stereocenters. The van der Waals surface area contributed by atoms with Crippen molar-refractivity contribution in [1.29, 1.82) is 0 Å². The number of hydrogen-bond acceptors (Lipinski definition) is 13. The van der Waals surface area contributed by atoms with Gasteiger partial charge in [-0.05, 0) is 185 Å². The average Bonchev–Trinajstić information content (AvgIpc) is 1.62. The summed E-state index contributed by atoms with van der Waals surface area (Å²) in [4.78, 5) is 51.8. The fourth-order valence-corrected chi connectivity index (χ4v) is 26.4. The molecule has 2 amide bonds. The van der Waals surface area contributed by atoms with E-state index in [0.717, 1.165) is 58.1 Å². The molecule has 103 heavy (non-hydrogen) atoms. The van der Waals surface area contributed by atoms with Gasteiger partial charge in [0.15, 0.2) is 0 Å². The number of thioether (sulfide) groups is 2. The molecule has 0 N–H and O–H groups in total. The van der Waals surface area contributed by atoms with Crippen molar-refractivity contribution in [1.82, 2.24) is 9.80 Å². The highest BCUT2D eigenvalue weighted by Gasteiger charge is 2.33. The van der Waals surface area contributed by atoms with Gasteiger partial charge in [0, 0.05) is 81.4 Å². The number of nitrogens with zero attached hydrogens (tertiary/aromatic N) is 2. The second-order valence-corrected chi connectivity index (χ2v) is 39.8. The zero-order chi connectivity index (χ0) is 72.7. The van der Waals surface area contributed by atoms with Crippen LogP contribution in [-0.4, -0.2) is 43.3 Å². The van der Waals surface area contributed by atoms with Crippen LogP contribution in [0.2, 0.25) is 0 Å². The van der Waals surface area contributed by atoms with Crippen LogP contribution >= 0.6 is 127 Å². The van der Waals surface area contributed by atoms with Crippen LogP contribution in [0.1, 0.15) is 330 Å². The molecule has 2 aliphatic rings. The van der Waals surface area contributed by atoms with Gasteiger partial charge in [0.25, 0.3) is 11.8 Å². The number of hydrogen-bond donors (Lipinski definition) is 0. The summed E-state index contributed by atoms with van der Waals surface area (Å²) >= 11 is 28.4. The van der Waals surface area contributed by atoms with Crippen molar-refractivity contribution in [2.45, 2.75) is 325 Å². The highest BCUT2D eigenvalue weighted by molar-refractivity contribution is 8.27. The number of carbonyl (C=O) groups is 2. The lowest BCUT2D eigenvalue weighted by Gasteiger charge is -2.09. The summed E-state index contributed by atoms with van der Waals surface area (Å²) in [6.07, 6.45) is 57.0. The normalized spacial score (nSPS) is 14.4. The molecule has 0 bridgehead atoms. The lowest BCUT2D eigenvalue weighted by Crippen LogP contribution is -2.27. The third-order valence-electron chi connectivity index (χ3n) is 20.6. The van der Waals surface area contributed by atoms with Crippen molar-refractivity contribution in [3.05, 3.63) is 101 Å². The van der Waals surface area contributed by atoms with Crippen molar-refractivity contribution in [3.8, 4) is 58.5 Å². The fourth-order valence-electron chi connectivity index (χ4n) is 14.5. The van der Waals surface area contributed by atoms with Crippen molar-refractivity contribution in [3.63, 3.8) is 0 Å². The summed E-state index contributed by atoms with van der Waals surface area (Å²) in [5.74, 6) is 0.0876. The fraction of sp³-hybridized carbons (Fsp3) is 0.591. The van der Waals surface area contributed by atoms with Crippen LogP contribution in [-0.2, 0) is 48.1 Å². The number of carbonyl (C=O) groups excluding carboxylic acids is 2. The second kappa shape index (κ2) is 46.0. The van der Waals surface area contributed by atoms with E-state index in [1.165, 1.54) is 347 Å². The van der Waals surface area contributed by atoms with E-state index in [1.807, 2.05) is 59.2 Å². The minimum absolute atomic E-state index is 0.0438. The first-order chi connectivity index (χ1) is 50.4. The smallest absolute Gasteiger partial charge is 0.266 e. The molecule has 0 spiro atoms. The molecule has 9 heterocycles. The van der Waals surface area contributed by atoms with Crippen LogP contribution in [0.15, 0.2) is 58.3 Å². The molecular formula is C88H122N2O2S11. The van der Waals surface area contributed by atoms with E-state index in [0.29, 0.717) is 21.7 Å². The summed E-state index contributed by atoms with van der Waals surface area (Å²) in [5.41, 5.74) is 8.97. The van der Waals surface area contributed by atoms with E-state index >= 15 is 0 Å². The third kappa shape index (κ3) is 24.9. The molecular weight excluding hydrogens is 1470 g/mol. The Morgan fingerprint density at radius 3 is 0.748 bits per heavy atom. The summed E-state index contributed by atoms with van der Waals surface area (Å²) in [5, 5.41) is 0. The van der Waals surface area contributed by atoms with Gasteiger partial charge in [0.2, 0.25) is 0 Å². The standard InChI is InChI=1S/C88H122N2O2S11/c1-9-17-23-29-35-41-47-63-55-69(61-77-85(91)89(15-7)87(93)102-77)95-81(63)73-59-67(51-45-39-33-27-21-13-5)83(100-73)75-57-65(49-43-37-31-25-19-11-3)79(98-75)71-53-54-72(97-71)80-66(50-44-38-32-26-20-12-4)58-76(99-80)84-68(52-46-40-34-28-22-14-6)60-74(101-84)82-64(48-42-36-30-24-18-10-2)56-70(96-82)62-78-86(92)90(16-8)88(94)103-78/h53-62H,9-52H2,1-8H3/b77-61+,78-62+. The number of amides is 2. The lowest BCUT2D eigenvalue weighted by molar-refractivity contribution is -0.122. The van der Waals surface area contributed by atoms with Gasteiger partial charge < -0.3 is 0 Å². The molecule has 2 saturated heterocycles. The average molecular weight is 1590 g/mol. The summed E-state index contributed by atoms with van der Waals surface area (Å²) in [6, 6.07) is 20.4. The van der Waals surface area contributed by atoms with Crippen LogP contribution in [0, 0.1) is 0 Å². The first-order valence-corrected chi connectivity index (χ1v) is 49.0. The van der Waals surface area contributed by atoms with Gasteiger partial charge in [-0.1, -0.05) is 282 Å². The van der Waals surface area contributed by atoms with Gasteiger partial charge in [0.1, 0.15) is 8.64 Å². The van der Waals surface area contributed by atoms with E-state index in [4.69, 9.17) is 24.4 Å². The number of thiophene rings is 7. The molecule has 0 saturated carbocycles. The first-order valence-electron chi connectivity index (χ1n) is 40.8. The molecule has 0 aromatic carbocycles. The maximum absolute atomic E-state index is 13.6. The Labute approximate surface area is 671 Å². The van der Waals surface area contributed by atoms with Crippen LogP contribution in [0.25, 0.3) is 70.7 Å². The molecule has 7 aromatic heterocycles. The van der Waals surface area contributed by atoms with Crippen LogP contribution in [0.5, 0.6) is 0 Å². The number of rotatable bonds is 52. The highest BCUT2D eigenvalue weighted by atomic mass is 32.2. The van der Waals surface area contributed by atoms with E-state index in [2.05, 4.69) is 136 Å². The number of thiocarbonyl (C=S) groups is 2. The summed E-state index contributed by atoms with van der Waals surface area (Å²) in [7, 11) is 0. The Hall–Kier alpha value is -2.80. The topological polar surface area (TPSA) is 40.6 Å². The molecule has 562 valence electrons. The number of unbranched alkanes of at least 4 members (excludes halogenated alkanes) is 30. The molecule has 15 heteroatoms. The van der Waals surface area contributed by atoms with Crippen LogP contribution in [0.3, 0.4) is 0 Å². The maximum atomic E-state index is 13.6. The SMILES string of the molecule is CCCCCCCCc1cc(/C=C2/SC(=S)N(CC)C2=O)sc1-c1cc(CCCCCCCC)c(-c2cc(CCCCCCCC)c(-c3ccc(-c4sc(-c5sc(-c6sc(/C=C7/SC(=S)N(CC)C7=O)cc6CCCCCCCC)cc5CCCCCCCC)cc4CCCCCCCC)s3)s2)s1. The first kappa shape index (κ1) is 84.2. The Morgan fingerprint density at radius 1 is 0.282 bits per heavy atom. The number of likely N-dealkylation sites (N-methyl/N-ethyl adjacent to an activating group) is 2. The molecule has 4 nitrogen and oxygen atoms in total. The summed E-state index contributed by atoms with van der Waals surface area (Å²) in [6.45, 7) is 19.2. The van der Waals surface area contributed by atoms with Crippen molar-refractivity contribution in [2.24, 2.45) is 0 Å². The highest BCUT2D eigenvalue weighted by Crippen LogP contribution is 2.53. The number of aryl methyl sites for hydroxylation is 6. The van der Waals surface area contributed by atoms with Gasteiger partial charge in [-0.2, -0.15) is 0 Å². The van der Waals surface area contributed by atoms with Crippen molar-refractivity contribution < 1.29 is 9.59 Å². The third-order valence-corrected chi connectivity index (χ3v) is 32.4. The van der Waals surface area contributed by atoms with Gasteiger partial charge in [0.05, 0.1) is 9.81 Å². The van der Waals surface area contributed by atoms with E-state index in [9.17, 15) is 9.59 Å². The van der Waals surface area contributed by atoms with E-state index < -0.39 is 0 Å².